The van der Waals surface area contributed by atoms with Gasteiger partial charge >= 0.3 is 123 Å². The van der Waals surface area contributed by atoms with Crippen LogP contribution < -0.4 is 32.6 Å². The van der Waals surface area contributed by atoms with E-state index >= 15 is 0 Å². The van der Waals surface area contributed by atoms with Gasteiger partial charge in [0.1, 0.15) is 0 Å². The number of hydrazone groups is 6. The van der Waals surface area contributed by atoms with Crippen molar-refractivity contribution < 1.29 is 43.4 Å². The van der Waals surface area contributed by atoms with E-state index in [-0.39, 0.29) is 43.4 Å². The van der Waals surface area contributed by atoms with Gasteiger partial charge < -0.3 is 62.6 Å². The predicted molar refractivity (Wildman–Crippen MR) is 208 cm³/mol. The maximum absolute atomic E-state index is 3.75. The Kier molecular flexibility index (Phi) is 48.2. The van der Waals surface area contributed by atoms with Crippen molar-refractivity contribution in [2.45, 2.75) is 60.8 Å². The third-order valence-electron chi connectivity index (χ3n) is 3.44. The van der Waals surface area contributed by atoms with Crippen LogP contribution in [0.5, 0.6) is 0 Å². The van der Waals surface area contributed by atoms with Crippen molar-refractivity contribution >= 4 is 118 Å². The summed E-state index contributed by atoms with van der Waals surface area (Å²) in [5.74, 6) is 0. The fourth-order valence-corrected chi connectivity index (χ4v) is 2.07. The van der Waals surface area contributed by atoms with Gasteiger partial charge in [0.05, 0.1) is 38.0 Å². The van der Waals surface area contributed by atoms with Crippen molar-refractivity contribution in [2.75, 3.05) is 0 Å². The van der Waals surface area contributed by atoms with E-state index in [1.54, 1.807) is 108 Å². The Labute approximate surface area is 350 Å². The molecular weight excluding hydrogens is 1570 g/mol. The molecule has 0 aromatic rings. The molecule has 6 rings (SSSR count). The number of rotatable bonds is 3. The molecule has 0 fully saturated rings. The van der Waals surface area contributed by atoms with Gasteiger partial charge in [-0.3, -0.25) is 0 Å². The molecule has 6 aliphatic rings. The average molecular weight is 1610 g/mol. The molecule has 288 valence electrons. The zero-order valence-corrected chi connectivity index (χ0v) is 43.0. The summed E-state index contributed by atoms with van der Waals surface area (Å²) in [6.07, 6.45) is 13.6. The molecule has 48 heavy (non-hydrogen) atoms. The van der Waals surface area contributed by atoms with Crippen LogP contribution in [0, 0.1) is 40.0 Å². The Bertz CT molecular complexity index is 684. The van der Waals surface area contributed by atoms with E-state index in [1.165, 1.54) is 19.3 Å². The zero-order valence-electron chi connectivity index (χ0n) is 26.6. The van der Waals surface area contributed by atoms with Gasteiger partial charge in [-0.05, 0) is 0 Å². The summed E-state index contributed by atoms with van der Waals surface area (Å²) >= 11 is 19.7. The monoisotopic (exact) mass is 1600 g/mol. The number of hydrazine groups is 3. The molecule has 0 atom stereocenters. The van der Waals surface area contributed by atoms with Crippen molar-refractivity contribution in [2.24, 2.45) is 30.6 Å². The van der Waals surface area contributed by atoms with E-state index in [2.05, 4.69) is 184 Å². The van der Waals surface area contributed by atoms with Crippen LogP contribution in [-0.2, 0) is 43.4 Å². The van der Waals surface area contributed by atoms with Crippen LogP contribution in [-0.4, -0.2) is 68.1 Å². The molecule has 0 aromatic carbocycles. The normalized spacial score (nSPS) is 16.0. The van der Waals surface area contributed by atoms with Gasteiger partial charge in [-0.1, -0.05) is 60.8 Å². The summed E-state index contributed by atoms with van der Waals surface area (Å²) in [4.78, 5) is 0. The first-order chi connectivity index (χ1) is 23.4. The summed E-state index contributed by atoms with van der Waals surface area (Å²) in [7, 11) is 0. The molecule has 6 aliphatic heterocycles. The molecule has 0 amide bonds. The van der Waals surface area contributed by atoms with E-state index < -0.39 is 0 Å². The average Bonchev–Trinajstić information content (AvgIpc) is 3.92. The fourth-order valence-electron chi connectivity index (χ4n) is 2.07. The molecule has 27 heteroatoms. The fraction of sp³-hybridized carbons (Fsp3) is 0.429. The minimum atomic E-state index is 0.208. The van der Waals surface area contributed by atoms with E-state index in [0.717, 1.165) is 0 Å². The van der Waals surface area contributed by atoms with Crippen molar-refractivity contribution in [3.8, 4) is 0 Å². The van der Waals surface area contributed by atoms with Gasteiger partial charge in [0.15, 0.2) is 0 Å². The van der Waals surface area contributed by atoms with Gasteiger partial charge in [0.2, 0.25) is 0 Å². The van der Waals surface area contributed by atoms with E-state index in [1.807, 2.05) is 0 Å². The molecule has 0 spiro atoms. The maximum atomic E-state index is 3.75. The number of nitrogens with zero attached hydrogens (tertiary/aromatic N) is 12. The van der Waals surface area contributed by atoms with Crippen LogP contribution >= 0.6 is 79.8 Å². The molecule has 18 nitrogen and oxygen atoms in total. The second-order valence-corrected chi connectivity index (χ2v) is 37.4. The summed E-state index contributed by atoms with van der Waals surface area (Å²) < 4.78 is 0. The first kappa shape index (κ1) is 52.9. The zero-order chi connectivity index (χ0) is 36.7. The molecule has 6 heterocycles. The molecule has 0 radical (unpaired) electrons. The molecule has 0 aromatic heterocycles. The first-order valence-corrected chi connectivity index (χ1v) is 43.1. The van der Waals surface area contributed by atoms with Crippen molar-refractivity contribution in [1.29, 1.82) is 0 Å². The molecule has 0 unspecified atom stereocenters. The molecule has 0 bridgehead atoms. The topological polar surface area (TPSA) is 166 Å². The Morgan fingerprint density at radius 1 is 0.375 bits per heavy atom. The predicted octanol–water partition coefficient (Wildman–Crippen LogP) is 5.83. The molecule has 6 N–H and O–H groups in total. The molecule has 0 saturated carbocycles. The van der Waals surface area contributed by atoms with Crippen LogP contribution in [0.4, 0.5) is 0 Å². The van der Waals surface area contributed by atoms with Crippen LogP contribution in [0.3, 0.4) is 0 Å². The molecule has 0 saturated heterocycles. The third kappa shape index (κ3) is 32.5. The summed E-state index contributed by atoms with van der Waals surface area (Å²) in [6, 6.07) is 0. The van der Waals surface area contributed by atoms with Crippen LogP contribution in [0.15, 0.2) is 30.6 Å². The summed E-state index contributed by atoms with van der Waals surface area (Å²) in [6.45, 7) is 23.0. The quantitative estimate of drug-likeness (QED) is 0.188. The second-order valence-electron chi connectivity index (χ2n) is 7.55. The van der Waals surface area contributed by atoms with Crippen LogP contribution in [0.25, 0.3) is 0 Å². The minimum absolute atomic E-state index is 0.208. The Balaban J connectivity index is -0.000000511. The Hall–Kier alpha value is 0.565. The van der Waals surface area contributed by atoms with Crippen LogP contribution in [0.1, 0.15) is 60.8 Å². The van der Waals surface area contributed by atoms with Crippen molar-refractivity contribution in [3.63, 3.8) is 0 Å². The summed E-state index contributed by atoms with van der Waals surface area (Å²) in [5, 5.41) is 33.0. The Morgan fingerprint density at radius 3 is 0.542 bits per heavy atom. The molecule has 0 aliphatic carbocycles. The van der Waals surface area contributed by atoms with Gasteiger partial charge in [0, 0.05) is 0 Å². The van der Waals surface area contributed by atoms with Gasteiger partial charge in [0.25, 0.3) is 0 Å². The van der Waals surface area contributed by atoms with Gasteiger partial charge in [-0.2, -0.15) is 0 Å². The SMILES string of the molecule is C1=NN[CH-]N1N1C=NN[CH-]1.C1=NN[CH-]N1N1C=NN[CH-]1.C1=NN[CH-]N1N1C=NN[CH-]1.CCC.CCC.CCC.[Br][Pt+2][Br].[Br][Pt+2][Br].[Br][Pt+2][Br]. The van der Waals surface area contributed by atoms with Crippen molar-refractivity contribution in [1.82, 2.24) is 62.6 Å². The van der Waals surface area contributed by atoms with E-state index in [9.17, 15) is 0 Å². The number of halogens is 6. The van der Waals surface area contributed by atoms with Crippen molar-refractivity contribution in [3.05, 3.63) is 40.0 Å². The summed E-state index contributed by atoms with van der Waals surface area (Å²) in [5.41, 5.74) is 16.0. The number of hydrogen-bond acceptors (Lipinski definition) is 18. The Morgan fingerprint density at radius 2 is 0.479 bits per heavy atom. The second kappa shape index (κ2) is 43.7. The third-order valence-corrected chi connectivity index (χ3v) is 3.44. The number of nitrogens with one attached hydrogen (secondary N) is 6. The van der Waals surface area contributed by atoms with Crippen LogP contribution in [0.2, 0.25) is 0 Å². The van der Waals surface area contributed by atoms with E-state index in [4.69, 9.17) is 0 Å². The standard InChI is InChI=1S/3C4H6N6.3C3H8.6BrH.3Pt/c3*1-5-6-2-9(1)10-3-7-8-4-10;3*1-3-2;;;;;;;;;/h3*1-5,7H;3*3H2,1-2H3;6*1H;;;/q3*-2;;;;;;;;;;3*+4/p-6. The molecular formula is C21H42Br6N18Pt3. The number of hydrogen-bond donors (Lipinski definition) is 6. The van der Waals surface area contributed by atoms with E-state index in [0.29, 0.717) is 0 Å². The van der Waals surface area contributed by atoms with Gasteiger partial charge in [-0.15, -0.1) is 40.0 Å². The van der Waals surface area contributed by atoms with Gasteiger partial charge in [-0.25, -0.2) is 30.6 Å². The first-order valence-electron chi connectivity index (χ1n) is 13.3.